The third kappa shape index (κ3) is 2.68. The molecule has 0 N–H and O–H groups in total. The first-order chi connectivity index (χ1) is 11.5. The van der Waals surface area contributed by atoms with E-state index in [1.165, 1.54) is 24.2 Å². The van der Waals surface area contributed by atoms with E-state index in [2.05, 4.69) is 20.2 Å². The molecule has 0 unspecified atom stereocenters. The first kappa shape index (κ1) is 15.9. The van der Waals surface area contributed by atoms with Crippen LogP contribution < -0.4 is 4.74 Å². The summed E-state index contributed by atoms with van der Waals surface area (Å²) in [5.74, 6) is 0.247. The Kier molecular flexibility index (Phi) is 4.15. The molecule has 0 fully saturated rings. The average Bonchev–Trinajstić information content (AvgIpc) is 3.21. The van der Waals surface area contributed by atoms with Crippen molar-refractivity contribution < 1.29 is 14.3 Å². The van der Waals surface area contributed by atoms with Crippen LogP contribution in [0.15, 0.2) is 18.6 Å². The molecule has 0 spiro atoms. The van der Waals surface area contributed by atoms with E-state index in [-0.39, 0.29) is 6.04 Å². The highest BCUT2D eigenvalue weighted by molar-refractivity contribution is 5.88. The van der Waals surface area contributed by atoms with Gasteiger partial charge in [-0.15, -0.1) is 0 Å². The van der Waals surface area contributed by atoms with Crippen LogP contribution in [0.5, 0.6) is 5.88 Å². The molecule has 0 aliphatic rings. The van der Waals surface area contributed by atoms with Gasteiger partial charge < -0.3 is 9.47 Å². The van der Waals surface area contributed by atoms with Crippen molar-refractivity contribution in [3.05, 3.63) is 24.2 Å². The summed E-state index contributed by atoms with van der Waals surface area (Å²) >= 11 is 0. The Morgan fingerprint density at radius 3 is 2.71 bits per heavy atom. The van der Waals surface area contributed by atoms with Crippen LogP contribution in [-0.4, -0.2) is 49.2 Å². The SMILES string of the molecule is CCOC(=O)c1cnn(-c2nc(OC)c3c(cnn3C(C)C)n2)c1. The van der Waals surface area contributed by atoms with E-state index in [0.717, 1.165) is 0 Å². The fourth-order valence-electron chi connectivity index (χ4n) is 2.31. The molecule has 0 aliphatic carbocycles. The molecule has 9 nitrogen and oxygen atoms in total. The Hall–Kier alpha value is -2.97. The molecule has 0 saturated heterocycles. The normalized spacial score (nSPS) is 11.2. The highest BCUT2D eigenvalue weighted by Gasteiger charge is 2.18. The summed E-state index contributed by atoms with van der Waals surface area (Å²) < 4.78 is 13.5. The second kappa shape index (κ2) is 6.26. The van der Waals surface area contributed by atoms with Gasteiger partial charge in [0.15, 0.2) is 0 Å². The molecular weight excluding hydrogens is 312 g/mol. The van der Waals surface area contributed by atoms with Crippen LogP contribution in [0.2, 0.25) is 0 Å². The molecule has 0 aromatic carbocycles. The number of nitrogens with zero attached hydrogens (tertiary/aromatic N) is 6. The van der Waals surface area contributed by atoms with Crippen LogP contribution in [-0.2, 0) is 4.74 Å². The largest absolute Gasteiger partial charge is 0.479 e. The highest BCUT2D eigenvalue weighted by atomic mass is 16.5. The summed E-state index contributed by atoms with van der Waals surface area (Å²) in [6.07, 6.45) is 4.58. The molecule has 3 aromatic rings. The molecule has 3 heterocycles. The molecule has 3 aromatic heterocycles. The topological polar surface area (TPSA) is 97.0 Å². The Labute approximate surface area is 138 Å². The Morgan fingerprint density at radius 1 is 1.25 bits per heavy atom. The maximum atomic E-state index is 11.7. The van der Waals surface area contributed by atoms with Crippen molar-refractivity contribution in [1.82, 2.24) is 29.5 Å². The molecule has 0 atom stereocenters. The molecule has 3 rings (SSSR count). The summed E-state index contributed by atoms with van der Waals surface area (Å²) in [6.45, 7) is 6.07. The lowest BCUT2D eigenvalue weighted by Crippen LogP contribution is -2.08. The van der Waals surface area contributed by atoms with Crippen LogP contribution in [0.1, 0.15) is 37.2 Å². The molecular formula is C15H18N6O3. The van der Waals surface area contributed by atoms with Gasteiger partial charge in [0, 0.05) is 12.2 Å². The van der Waals surface area contributed by atoms with Gasteiger partial charge in [-0.25, -0.2) is 14.5 Å². The number of esters is 1. The third-order valence-corrected chi connectivity index (χ3v) is 3.38. The number of rotatable bonds is 5. The second-order valence-electron chi connectivity index (χ2n) is 5.34. The number of methoxy groups -OCH3 is 1. The zero-order valence-electron chi connectivity index (χ0n) is 13.9. The van der Waals surface area contributed by atoms with E-state index in [0.29, 0.717) is 35.0 Å². The smallest absolute Gasteiger partial charge is 0.341 e. The average molecular weight is 330 g/mol. The Morgan fingerprint density at radius 2 is 2.04 bits per heavy atom. The predicted molar refractivity (Wildman–Crippen MR) is 85.3 cm³/mol. The quantitative estimate of drug-likeness (QED) is 0.658. The number of fused-ring (bicyclic) bond motifs is 1. The molecule has 24 heavy (non-hydrogen) atoms. The maximum absolute atomic E-state index is 11.7. The molecule has 0 aliphatic heterocycles. The summed E-state index contributed by atoms with van der Waals surface area (Å²) in [5, 5.41) is 8.45. The van der Waals surface area contributed by atoms with E-state index >= 15 is 0 Å². The number of carbonyl (C=O) groups excluding carboxylic acids is 1. The minimum absolute atomic E-state index is 0.144. The van der Waals surface area contributed by atoms with Crippen molar-refractivity contribution in [1.29, 1.82) is 0 Å². The first-order valence-electron chi connectivity index (χ1n) is 7.56. The lowest BCUT2D eigenvalue weighted by Gasteiger charge is -2.10. The zero-order valence-corrected chi connectivity index (χ0v) is 13.9. The molecule has 0 amide bonds. The van der Waals surface area contributed by atoms with Gasteiger partial charge in [-0.2, -0.15) is 15.2 Å². The van der Waals surface area contributed by atoms with Gasteiger partial charge in [0.1, 0.15) is 11.0 Å². The van der Waals surface area contributed by atoms with Crippen molar-refractivity contribution >= 4 is 17.0 Å². The van der Waals surface area contributed by atoms with Gasteiger partial charge in [0.25, 0.3) is 5.95 Å². The molecule has 126 valence electrons. The van der Waals surface area contributed by atoms with Crippen molar-refractivity contribution in [3.63, 3.8) is 0 Å². The Balaban J connectivity index is 2.06. The van der Waals surface area contributed by atoms with Gasteiger partial charge in [-0.1, -0.05) is 0 Å². The lowest BCUT2D eigenvalue weighted by atomic mass is 10.3. The number of hydrogen-bond donors (Lipinski definition) is 0. The minimum Gasteiger partial charge on any atom is -0.479 e. The molecule has 0 bridgehead atoms. The summed E-state index contributed by atoms with van der Waals surface area (Å²) in [5.41, 5.74) is 1.69. The van der Waals surface area contributed by atoms with Gasteiger partial charge in [-0.05, 0) is 20.8 Å². The van der Waals surface area contributed by atoms with Gasteiger partial charge in [0.2, 0.25) is 5.88 Å². The molecule has 0 saturated carbocycles. The monoisotopic (exact) mass is 330 g/mol. The van der Waals surface area contributed by atoms with Crippen molar-refractivity contribution in [2.75, 3.05) is 13.7 Å². The number of aromatic nitrogens is 6. The van der Waals surface area contributed by atoms with Crippen LogP contribution in [0, 0.1) is 0 Å². The third-order valence-electron chi connectivity index (χ3n) is 3.38. The van der Waals surface area contributed by atoms with E-state index in [9.17, 15) is 4.79 Å². The van der Waals surface area contributed by atoms with E-state index in [1.54, 1.807) is 17.8 Å². The second-order valence-corrected chi connectivity index (χ2v) is 5.34. The summed E-state index contributed by atoms with van der Waals surface area (Å²) in [4.78, 5) is 20.6. The zero-order chi connectivity index (χ0) is 17.3. The van der Waals surface area contributed by atoms with Crippen molar-refractivity contribution in [2.45, 2.75) is 26.8 Å². The lowest BCUT2D eigenvalue weighted by molar-refractivity contribution is 0.0526. The van der Waals surface area contributed by atoms with Crippen molar-refractivity contribution in [3.8, 4) is 11.8 Å². The maximum Gasteiger partial charge on any atom is 0.341 e. The summed E-state index contributed by atoms with van der Waals surface area (Å²) in [6, 6.07) is 0.144. The van der Waals surface area contributed by atoms with E-state index < -0.39 is 5.97 Å². The number of hydrogen-bond acceptors (Lipinski definition) is 7. The van der Waals surface area contributed by atoms with Crippen LogP contribution in [0.4, 0.5) is 0 Å². The van der Waals surface area contributed by atoms with Crippen molar-refractivity contribution in [2.24, 2.45) is 0 Å². The predicted octanol–water partition coefficient (Wildman–Crippen LogP) is 1.78. The molecule has 9 heteroatoms. The fraction of sp³-hybridized carbons (Fsp3) is 0.400. The van der Waals surface area contributed by atoms with Gasteiger partial charge in [0.05, 0.1) is 31.7 Å². The standard InChI is InChI=1S/C15H18N6O3/c1-5-24-14(22)10-6-16-20(8-10)15-18-11-7-17-21(9(2)3)12(11)13(19-15)23-4/h6-9H,5H2,1-4H3. The highest BCUT2D eigenvalue weighted by Crippen LogP contribution is 2.25. The first-order valence-corrected chi connectivity index (χ1v) is 7.56. The van der Waals surface area contributed by atoms with Gasteiger partial charge >= 0.3 is 5.97 Å². The van der Waals surface area contributed by atoms with Gasteiger partial charge in [-0.3, -0.25) is 4.68 Å². The van der Waals surface area contributed by atoms with E-state index in [4.69, 9.17) is 9.47 Å². The fourth-order valence-corrected chi connectivity index (χ4v) is 2.31. The minimum atomic E-state index is -0.440. The number of carbonyl (C=O) groups is 1. The molecule has 0 radical (unpaired) electrons. The Bertz CT molecular complexity index is 883. The summed E-state index contributed by atoms with van der Waals surface area (Å²) in [7, 11) is 1.54. The number of ether oxygens (including phenoxy) is 2. The van der Waals surface area contributed by atoms with Crippen LogP contribution in [0.25, 0.3) is 17.0 Å². The van der Waals surface area contributed by atoms with Crippen LogP contribution in [0.3, 0.4) is 0 Å². The van der Waals surface area contributed by atoms with Crippen LogP contribution >= 0.6 is 0 Å². The van der Waals surface area contributed by atoms with E-state index in [1.807, 2.05) is 13.8 Å².